The number of methoxy groups -OCH3 is 1. The van der Waals surface area contributed by atoms with Crippen LogP contribution in [0.5, 0.6) is 5.75 Å². The molecule has 0 saturated heterocycles. The van der Waals surface area contributed by atoms with Crippen molar-refractivity contribution in [1.82, 2.24) is 0 Å². The van der Waals surface area contributed by atoms with E-state index in [9.17, 15) is 26.3 Å². The number of alkyl halides is 6. The van der Waals surface area contributed by atoms with E-state index in [1.54, 1.807) is 11.4 Å². The van der Waals surface area contributed by atoms with Gasteiger partial charge in [0.15, 0.2) is 0 Å². The molecule has 1 atom stereocenters. The maximum atomic E-state index is 13.3. The van der Waals surface area contributed by atoms with Crippen molar-refractivity contribution in [1.29, 1.82) is 0 Å². The van der Waals surface area contributed by atoms with Gasteiger partial charge in [-0.1, -0.05) is 6.07 Å². The average molecular weight is 355 g/mol. The quantitative estimate of drug-likeness (QED) is 0.800. The Kier molecular flexibility index (Phi) is 4.63. The van der Waals surface area contributed by atoms with Gasteiger partial charge < -0.3 is 10.5 Å². The fourth-order valence-corrected chi connectivity index (χ4v) is 2.86. The first kappa shape index (κ1) is 17.6. The standard InChI is InChI=1S/C14H11F6NOS/c1-22-9-6-7(13(15,16)17)5-8(14(18,19)20)11(9)12(21)10-3-2-4-23-10/h2-6,12H,21H2,1H3/t12-/m1/s1. The third kappa shape index (κ3) is 3.61. The summed E-state index contributed by atoms with van der Waals surface area (Å²) in [4.78, 5) is 0.383. The lowest BCUT2D eigenvalue weighted by Gasteiger charge is -2.22. The van der Waals surface area contributed by atoms with Crippen LogP contribution in [0.1, 0.15) is 27.6 Å². The number of ether oxygens (including phenoxy) is 1. The molecule has 1 aromatic heterocycles. The Labute approximate surface area is 131 Å². The van der Waals surface area contributed by atoms with Gasteiger partial charge in [0.1, 0.15) is 5.75 Å². The molecule has 0 unspecified atom stereocenters. The normalized spacial score (nSPS) is 13.9. The fourth-order valence-electron chi connectivity index (χ4n) is 2.12. The zero-order valence-electron chi connectivity index (χ0n) is 11.6. The number of nitrogens with two attached hydrogens (primary N) is 1. The van der Waals surface area contributed by atoms with E-state index >= 15 is 0 Å². The van der Waals surface area contributed by atoms with Crippen molar-refractivity contribution in [3.05, 3.63) is 51.2 Å². The Morgan fingerprint density at radius 2 is 1.74 bits per heavy atom. The summed E-state index contributed by atoms with van der Waals surface area (Å²) in [5.41, 5.74) is 2.43. The molecule has 126 valence electrons. The van der Waals surface area contributed by atoms with Crippen molar-refractivity contribution in [3.63, 3.8) is 0 Å². The minimum absolute atomic E-state index is 0.0608. The van der Waals surface area contributed by atoms with Crippen molar-refractivity contribution in [2.75, 3.05) is 7.11 Å². The summed E-state index contributed by atoms with van der Waals surface area (Å²) in [5.74, 6) is -0.548. The van der Waals surface area contributed by atoms with Gasteiger partial charge in [-0.25, -0.2) is 0 Å². The van der Waals surface area contributed by atoms with E-state index in [4.69, 9.17) is 10.5 Å². The predicted molar refractivity (Wildman–Crippen MR) is 73.3 cm³/mol. The summed E-state index contributed by atoms with van der Waals surface area (Å²) in [5, 5.41) is 1.61. The SMILES string of the molecule is COc1cc(C(F)(F)F)cc(C(F)(F)F)c1[C@H](N)c1cccs1. The molecule has 2 rings (SSSR count). The third-order valence-corrected chi connectivity index (χ3v) is 4.11. The molecule has 0 aliphatic rings. The highest BCUT2D eigenvalue weighted by Gasteiger charge is 2.41. The molecule has 0 radical (unpaired) electrons. The van der Waals surface area contributed by atoms with E-state index < -0.39 is 40.8 Å². The van der Waals surface area contributed by atoms with Gasteiger partial charge in [-0.15, -0.1) is 11.3 Å². The Balaban J connectivity index is 2.73. The van der Waals surface area contributed by atoms with Crippen molar-refractivity contribution < 1.29 is 31.1 Å². The number of rotatable bonds is 3. The highest BCUT2D eigenvalue weighted by atomic mass is 32.1. The molecule has 9 heteroatoms. The summed E-state index contributed by atoms with van der Waals surface area (Å²) in [6.45, 7) is 0. The first-order chi connectivity index (χ1) is 10.6. The van der Waals surface area contributed by atoms with Crippen molar-refractivity contribution in [3.8, 4) is 5.75 Å². The molecule has 23 heavy (non-hydrogen) atoms. The zero-order chi connectivity index (χ0) is 17.4. The van der Waals surface area contributed by atoms with Crippen molar-refractivity contribution in [2.24, 2.45) is 5.73 Å². The van der Waals surface area contributed by atoms with Crippen LogP contribution in [-0.2, 0) is 12.4 Å². The van der Waals surface area contributed by atoms with E-state index in [1.807, 2.05) is 0 Å². The lowest BCUT2D eigenvalue weighted by atomic mass is 9.95. The van der Waals surface area contributed by atoms with Gasteiger partial charge in [0.2, 0.25) is 0 Å². The van der Waals surface area contributed by atoms with Crippen LogP contribution in [0.3, 0.4) is 0 Å². The highest BCUT2D eigenvalue weighted by molar-refractivity contribution is 7.10. The summed E-state index contributed by atoms with van der Waals surface area (Å²) >= 11 is 1.10. The van der Waals surface area contributed by atoms with Gasteiger partial charge in [0, 0.05) is 10.4 Å². The summed E-state index contributed by atoms with van der Waals surface area (Å²) in [7, 11) is 1.00. The summed E-state index contributed by atoms with van der Waals surface area (Å²) in [6, 6.07) is 2.43. The lowest BCUT2D eigenvalue weighted by molar-refractivity contribution is -0.143. The Morgan fingerprint density at radius 3 is 2.17 bits per heavy atom. The first-order valence-electron chi connectivity index (χ1n) is 6.21. The third-order valence-electron chi connectivity index (χ3n) is 3.16. The topological polar surface area (TPSA) is 35.2 Å². The van der Waals surface area contributed by atoms with Crippen LogP contribution in [0.25, 0.3) is 0 Å². The maximum absolute atomic E-state index is 13.3. The average Bonchev–Trinajstić information content (AvgIpc) is 2.97. The van der Waals surface area contributed by atoms with E-state index in [0.717, 1.165) is 18.4 Å². The van der Waals surface area contributed by atoms with Crippen LogP contribution >= 0.6 is 11.3 Å². The number of benzene rings is 1. The van der Waals surface area contributed by atoms with E-state index in [-0.39, 0.29) is 6.07 Å². The number of thiophene rings is 1. The van der Waals surface area contributed by atoms with Gasteiger partial charge in [-0.05, 0) is 23.6 Å². The van der Waals surface area contributed by atoms with Crippen molar-refractivity contribution >= 4 is 11.3 Å². The van der Waals surface area contributed by atoms with Gasteiger partial charge in [0.25, 0.3) is 0 Å². The monoisotopic (exact) mass is 355 g/mol. The second-order valence-corrected chi connectivity index (χ2v) is 5.61. The summed E-state index contributed by atoms with van der Waals surface area (Å²) in [6.07, 6.45) is -9.93. The largest absolute Gasteiger partial charge is 0.496 e. The summed E-state index contributed by atoms with van der Waals surface area (Å²) < 4.78 is 83.0. The van der Waals surface area contributed by atoms with E-state index in [2.05, 4.69) is 0 Å². The highest BCUT2D eigenvalue weighted by Crippen LogP contribution is 2.44. The molecule has 1 heterocycles. The van der Waals surface area contributed by atoms with Crippen LogP contribution in [0.4, 0.5) is 26.3 Å². The zero-order valence-corrected chi connectivity index (χ0v) is 12.4. The first-order valence-corrected chi connectivity index (χ1v) is 7.09. The molecule has 2 nitrogen and oxygen atoms in total. The molecule has 0 aliphatic heterocycles. The Bertz CT molecular complexity index is 678. The second kappa shape index (κ2) is 6.04. The van der Waals surface area contributed by atoms with Gasteiger partial charge >= 0.3 is 12.4 Å². The van der Waals surface area contributed by atoms with E-state index in [0.29, 0.717) is 10.9 Å². The number of hydrogen-bond donors (Lipinski definition) is 1. The van der Waals surface area contributed by atoms with Crippen LogP contribution in [0, 0.1) is 0 Å². The molecule has 0 bridgehead atoms. The fraction of sp³-hybridized carbons (Fsp3) is 0.286. The molecule has 0 spiro atoms. The van der Waals surface area contributed by atoms with E-state index in [1.165, 1.54) is 6.07 Å². The van der Waals surface area contributed by atoms with Crippen LogP contribution in [0.2, 0.25) is 0 Å². The predicted octanol–water partition coefficient (Wildman–Crippen LogP) is 4.84. The molecule has 1 aromatic carbocycles. The molecule has 0 fully saturated rings. The minimum atomic E-state index is -5.00. The smallest absolute Gasteiger partial charge is 0.416 e. The lowest BCUT2D eigenvalue weighted by Crippen LogP contribution is -2.20. The Hall–Kier alpha value is -1.74. The molecule has 0 saturated carbocycles. The van der Waals surface area contributed by atoms with Crippen LogP contribution in [0.15, 0.2) is 29.6 Å². The molecule has 0 amide bonds. The maximum Gasteiger partial charge on any atom is 0.416 e. The molecule has 2 N–H and O–H groups in total. The Morgan fingerprint density at radius 1 is 1.09 bits per heavy atom. The van der Waals surface area contributed by atoms with Gasteiger partial charge in [0.05, 0.1) is 24.3 Å². The number of halogens is 6. The van der Waals surface area contributed by atoms with Crippen LogP contribution in [-0.4, -0.2) is 7.11 Å². The molecule has 0 aliphatic carbocycles. The number of hydrogen-bond acceptors (Lipinski definition) is 3. The van der Waals surface area contributed by atoms with Crippen molar-refractivity contribution in [2.45, 2.75) is 18.4 Å². The minimum Gasteiger partial charge on any atom is -0.496 e. The van der Waals surface area contributed by atoms with Gasteiger partial charge in [-0.2, -0.15) is 26.3 Å². The molecule has 2 aromatic rings. The second-order valence-electron chi connectivity index (χ2n) is 4.63. The molecular formula is C14H11F6NOS. The van der Waals surface area contributed by atoms with Crippen LogP contribution < -0.4 is 10.5 Å². The molecular weight excluding hydrogens is 344 g/mol. The van der Waals surface area contributed by atoms with Gasteiger partial charge in [-0.3, -0.25) is 0 Å².